The molecule has 0 saturated carbocycles. The van der Waals surface area contributed by atoms with Gasteiger partial charge in [-0.05, 0) is 43.7 Å². The van der Waals surface area contributed by atoms with Gasteiger partial charge in [0.05, 0.1) is 16.8 Å². The summed E-state index contributed by atoms with van der Waals surface area (Å²) < 4.78 is 27.3. The van der Waals surface area contributed by atoms with Gasteiger partial charge in [0.2, 0.25) is 0 Å². The molecule has 100 valence electrons. The number of hydrogen-bond acceptors (Lipinski definition) is 1. The second-order valence-corrected chi connectivity index (χ2v) is 4.89. The molecule has 1 unspecified atom stereocenters. The van der Waals surface area contributed by atoms with Crippen LogP contribution in [-0.4, -0.2) is 0 Å². The highest BCUT2D eigenvalue weighted by Gasteiger charge is 2.16. The number of anilines is 1. The largest absolute Gasteiger partial charge is 0.377 e. The number of halogens is 3. The van der Waals surface area contributed by atoms with Crippen LogP contribution in [0.25, 0.3) is 0 Å². The van der Waals surface area contributed by atoms with Crippen LogP contribution in [0.2, 0.25) is 5.02 Å². The van der Waals surface area contributed by atoms with Gasteiger partial charge in [0.1, 0.15) is 11.6 Å². The number of nitrogens with one attached hydrogen (secondary N) is 1. The van der Waals surface area contributed by atoms with E-state index in [4.69, 9.17) is 11.6 Å². The molecular weight excluding hydrogens is 268 g/mol. The molecule has 0 radical (unpaired) electrons. The first-order valence-corrected chi connectivity index (χ1v) is 6.33. The molecular formula is C15H14ClF2N. The monoisotopic (exact) mass is 281 g/mol. The van der Waals surface area contributed by atoms with Gasteiger partial charge in [0.25, 0.3) is 0 Å². The van der Waals surface area contributed by atoms with Crippen molar-refractivity contribution in [1.29, 1.82) is 0 Å². The third-order valence-corrected chi connectivity index (χ3v) is 3.26. The second-order valence-electron chi connectivity index (χ2n) is 4.48. The van der Waals surface area contributed by atoms with Gasteiger partial charge in [0.15, 0.2) is 0 Å². The van der Waals surface area contributed by atoms with Crippen LogP contribution in [0.3, 0.4) is 0 Å². The Morgan fingerprint density at radius 2 is 1.74 bits per heavy atom. The van der Waals surface area contributed by atoms with Gasteiger partial charge in [-0.2, -0.15) is 0 Å². The Bertz CT molecular complexity index is 578. The van der Waals surface area contributed by atoms with Crippen molar-refractivity contribution in [3.05, 3.63) is 64.2 Å². The minimum atomic E-state index is -0.566. The van der Waals surface area contributed by atoms with Crippen molar-refractivity contribution >= 4 is 17.3 Å². The van der Waals surface area contributed by atoms with Gasteiger partial charge in [-0.15, -0.1) is 0 Å². The topological polar surface area (TPSA) is 12.0 Å². The van der Waals surface area contributed by atoms with Crippen LogP contribution >= 0.6 is 11.6 Å². The zero-order chi connectivity index (χ0) is 14.0. The maximum Gasteiger partial charge on any atom is 0.131 e. The van der Waals surface area contributed by atoms with E-state index in [2.05, 4.69) is 5.32 Å². The molecule has 2 aromatic rings. The average Bonchev–Trinajstić information content (AvgIpc) is 2.33. The summed E-state index contributed by atoms with van der Waals surface area (Å²) in [6.45, 7) is 3.62. The molecule has 0 aliphatic heterocycles. The lowest BCUT2D eigenvalue weighted by molar-refractivity contribution is 0.544. The molecule has 2 rings (SSSR count). The standard InChI is InChI=1S/C15H14ClF2N/c1-9-6-7-11(16)14(8-9)19-10(2)15-12(17)4-3-5-13(15)18/h3-8,10,19H,1-2H3. The van der Waals surface area contributed by atoms with E-state index in [1.807, 2.05) is 19.1 Å². The molecule has 1 atom stereocenters. The summed E-state index contributed by atoms with van der Waals surface area (Å²) in [5.41, 5.74) is 1.70. The van der Waals surface area contributed by atoms with Crippen LogP contribution in [0.5, 0.6) is 0 Å². The van der Waals surface area contributed by atoms with Gasteiger partial charge in [-0.3, -0.25) is 0 Å². The van der Waals surface area contributed by atoms with Gasteiger partial charge in [-0.25, -0.2) is 8.78 Å². The lowest BCUT2D eigenvalue weighted by Gasteiger charge is -2.18. The first kappa shape index (κ1) is 13.8. The molecule has 0 fully saturated rings. The number of aryl methyl sites for hydroxylation is 1. The average molecular weight is 282 g/mol. The van der Waals surface area contributed by atoms with Crippen molar-refractivity contribution < 1.29 is 8.78 Å². The van der Waals surface area contributed by atoms with Crippen molar-refractivity contribution in [2.45, 2.75) is 19.9 Å². The summed E-state index contributed by atoms with van der Waals surface area (Å²) in [4.78, 5) is 0. The molecule has 0 spiro atoms. The van der Waals surface area contributed by atoms with E-state index in [1.54, 1.807) is 13.0 Å². The minimum Gasteiger partial charge on any atom is -0.377 e. The fraction of sp³-hybridized carbons (Fsp3) is 0.200. The molecule has 0 aliphatic rings. The smallest absolute Gasteiger partial charge is 0.131 e. The molecule has 1 N–H and O–H groups in total. The van der Waals surface area contributed by atoms with E-state index in [1.165, 1.54) is 18.2 Å². The molecule has 0 aliphatic carbocycles. The third-order valence-electron chi connectivity index (χ3n) is 2.93. The van der Waals surface area contributed by atoms with Crippen LogP contribution in [0.15, 0.2) is 36.4 Å². The lowest BCUT2D eigenvalue weighted by atomic mass is 10.1. The predicted octanol–water partition coefficient (Wildman–Crippen LogP) is 5.10. The maximum absolute atomic E-state index is 13.7. The number of rotatable bonds is 3. The van der Waals surface area contributed by atoms with Crippen molar-refractivity contribution in [2.75, 3.05) is 5.32 Å². The fourth-order valence-corrected chi connectivity index (χ4v) is 2.15. The van der Waals surface area contributed by atoms with E-state index in [0.29, 0.717) is 10.7 Å². The molecule has 0 bridgehead atoms. The van der Waals surface area contributed by atoms with Gasteiger partial charge in [-0.1, -0.05) is 23.7 Å². The zero-order valence-electron chi connectivity index (χ0n) is 10.7. The number of hydrogen-bond donors (Lipinski definition) is 1. The highest BCUT2D eigenvalue weighted by molar-refractivity contribution is 6.33. The van der Waals surface area contributed by atoms with E-state index in [0.717, 1.165) is 5.56 Å². The van der Waals surface area contributed by atoms with Gasteiger partial charge < -0.3 is 5.32 Å². The van der Waals surface area contributed by atoms with Gasteiger partial charge in [0, 0.05) is 5.56 Å². The van der Waals surface area contributed by atoms with Crippen LogP contribution in [0, 0.1) is 18.6 Å². The maximum atomic E-state index is 13.7. The Kier molecular flexibility index (Phi) is 4.05. The Balaban J connectivity index is 2.31. The van der Waals surface area contributed by atoms with Crippen LogP contribution < -0.4 is 5.32 Å². The van der Waals surface area contributed by atoms with Crippen LogP contribution in [0.1, 0.15) is 24.1 Å². The molecule has 0 saturated heterocycles. The molecule has 0 amide bonds. The molecule has 1 nitrogen and oxygen atoms in total. The summed E-state index contributed by atoms with van der Waals surface area (Å²) >= 11 is 6.06. The fourth-order valence-electron chi connectivity index (χ4n) is 1.98. The second kappa shape index (κ2) is 5.57. The Labute approximate surface area is 116 Å². The van der Waals surface area contributed by atoms with Crippen molar-refractivity contribution in [3.8, 4) is 0 Å². The Hall–Kier alpha value is -1.61. The normalized spacial score (nSPS) is 12.3. The van der Waals surface area contributed by atoms with Crippen LogP contribution in [0.4, 0.5) is 14.5 Å². The Morgan fingerprint density at radius 1 is 1.11 bits per heavy atom. The van der Waals surface area contributed by atoms with Crippen molar-refractivity contribution in [3.63, 3.8) is 0 Å². The van der Waals surface area contributed by atoms with E-state index in [9.17, 15) is 8.78 Å². The molecule has 0 aromatic heterocycles. The molecule has 4 heteroatoms. The Morgan fingerprint density at radius 3 is 2.37 bits per heavy atom. The van der Waals surface area contributed by atoms with E-state index < -0.39 is 17.7 Å². The summed E-state index contributed by atoms with van der Waals surface area (Å²) in [7, 11) is 0. The molecule has 2 aromatic carbocycles. The predicted molar refractivity (Wildman–Crippen MR) is 74.6 cm³/mol. The SMILES string of the molecule is Cc1ccc(Cl)c(NC(C)c2c(F)cccc2F)c1. The van der Waals surface area contributed by atoms with E-state index in [-0.39, 0.29) is 5.56 Å². The third kappa shape index (κ3) is 3.04. The zero-order valence-corrected chi connectivity index (χ0v) is 11.4. The molecule has 19 heavy (non-hydrogen) atoms. The minimum absolute atomic E-state index is 0.0140. The quantitative estimate of drug-likeness (QED) is 0.825. The summed E-state index contributed by atoms with van der Waals surface area (Å²) in [5.74, 6) is -1.13. The lowest BCUT2D eigenvalue weighted by Crippen LogP contribution is -2.11. The van der Waals surface area contributed by atoms with Crippen molar-refractivity contribution in [1.82, 2.24) is 0 Å². The first-order valence-electron chi connectivity index (χ1n) is 5.95. The summed E-state index contributed by atoms with van der Waals surface area (Å²) in [5, 5.41) is 3.56. The van der Waals surface area contributed by atoms with Gasteiger partial charge >= 0.3 is 0 Å². The first-order chi connectivity index (χ1) is 8.99. The highest BCUT2D eigenvalue weighted by Crippen LogP contribution is 2.29. The van der Waals surface area contributed by atoms with Crippen LogP contribution in [-0.2, 0) is 0 Å². The van der Waals surface area contributed by atoms with Crippen molar-refractivity contribution in [2.24, 2.45) is 0 Å². The number of benzene rings is 2. The van der Waals surface area contributed by atoms with E-state index >= 15 is 0 Å². The highest BCUT2D eigenvalue weighted by atomic mass is 35.5. The summed E-state index contributed by atoms with van der Waals surface area (Å²) in [6, 6.07) is 8.80. The summed E-state index contributed by atoms with van der Waals surface area (Å²) in [6.07, 6.45) is 0. The molecule has 0 heterocycles.